The monoisotopic (exact) mass is 386 g/mol. The van der Waals surface area contributed by atoms with Crippen LogP contribution in [0.2, 0.25) is 0 Å². The van der Waals surface area contributed by atoms with Gasteiger partial charge in [0.05, 0.1) is 15.9 Å². The first-order valence-corrected chi connectivity index (χ1v) is 7.70. The molecule has 0 spiro atoms. The molecular formula is C14H16Br2N2O. The molecule has 0 aliphatic rings. The smallest absolute Gasteiger partial charge is 0.131 e. The van der Waals surface area contributed by atoms with Gasteiger partial charge in [0.2, 0.25) is 0 Å². The number of hydrogen-bond acceptors (Lipinski definition) is 2. The van der Waals surface area contributed by atoms with Crippen LogP contribution in [0.15, 0.2) is 27.1 Å². The van der Waals surface area contributed by atoms with Gasteiger partial charge in [-0.1, -0.05) is 28.9 Å². The van der Waals surface area contributed by atoms with Crippen LogP contribution in [0.5, 0.6) is 5.75 Å². The van der Waals surface area contributed by atoms with E-state index < -0.39 is 0 Å². The lowest BCUT2D eigenvalue weighted by molar-refractivity contribution is 0.292. The Morgan fingerprint density at radius 1 is 1.32 bits per heavy atom. The summed E-state index contributed by atoms with van der Waals surface area (Å²) in [5, 5.41) is 4.46. The summed E-state index contributed by atoms with van der Waals surface area (Å²) in [6.07, 6.45) is 0.907. The largest absolute Gasteiger partial charge is 0.487 e. The second kappa shape index (κ2) is 6.09. The van der Waals surface area contributed by atoms with Crippen molar-refractivity contribution in [1.29, 1.82) is 0 Å². The third-order valence-electron chi connectivity index (χ3n) is 3.02. The molecule has 0 aliphatic heterocycles. The number of nitrogens with zero attached hydrogens (tertiary/aromatic N) is 2. The summed E-state index contributed by atoms with van der Waals surface area (Å²) in [5.74, 6) is 0.889. The Labute approximate surface area is 130 Å². The van der Waals surface area contributed by atoms with Gasteiger partial charge in [-0.3, -0.25) is 4.68 Å². The molecule has 0 atom stereocenters. The van der Waals surface area contributed by atoms with Gasteiger partial charge in [-0.25, -0.2) is 0 Å². The molecule has 0 aliphatic carbocycles. The minimum Gasteiger partial charge on any atom is -0.487 e. The van der Waals surface area contributed by atoms with Gasteiger partial charge >= 0.3 is 0 Å². The molecule has 3 nitrogen and oxygen atoms in total. The average Bonchev–Trinajstić information content (AvgIpc) is 2.66. The molecule has 2 rings (SSSR count). The fraction of sp³-hybridized carbons (Fsp3) is 0.357. The van der Waals surface area contributed by atoms with E-state index in [4.69, 9.17) is 4.74 Å². The van der Waals surface area contributed by atoms with E-state index in [-0.39, 0.29) is 0 Å². The van der Waals surface area contributed by atoms with Crippen LogP contribution in [-0.2, 0) is 20.1 Å². The third kappa shape index (κ3) is 3.20. The lowest BCUT2D eigenvalue weighted by Gasteiger charge is -2.10. The average molecular weight is 388 g/mol. The molecule has 102 valence electrons. The van der Waals surface area contributed by atoms with E-state index in [2.05, 4.69) is 43.9 Å². The normalized spacial score (nSPS) is 10.8. The highest BCUT2D eigenvalue weighted by Gasteiger charge is 2.13. The quantitative estimate of drug-likeness (QED) is 0.777. The fourth-order valence-corrected chi connectivity index (χ4v) is 2.92. The Morgan fingerprint density at radius 2 is 2.05 bits per heavy atom. The molecule has 5 heteroatoms. The maximum absolute atomic E-state index is 5.90. The number of aromatic nitrogens is 2. The molecule has 0 bridgehead atoms. The van der Waals surface area contributed by atoms with E-state index in [9.17, 15) is 0 Å². The molecule has 19 heavy (non-hydrogen) atoms. The minimum atomic E-state index is 0.501. The molecule has 0 saturated carbocycles. The molecule has 0 fully saturated rings. The van der Waals surface area contributed by atoms with Crippen LogP contribution in [-0.4, -0.2) is 9.78 Å². The van der Waals surface area contributed by atoms with Crippen molar-refractivity contribution in [2.24, 2.45) is 7.05 Å². The second-order valence-electron chi connectivity index (χ2n) is 4.38. The summed E-state index contributed by atoms with van der Waals surface area (Å²) in [5.41, 5.74) is 3.24. The van der Waals surface area contributed by atoms with Gasteiger partial charge in [0.1, 0.15) is 12.4 Å². The Bertz CT molecular complexity index is 593. The van der Waals surface area contributed by atoms with Gasteiger partial charge in [0.25, 0.3) is 0 Å². The lowest BCUT2D eigenvalue weighted by Crippen LogP contribution is -2.04. The van der Waals surface area contributed by atoms with Crippen molar-refractivity contribution in [3.8, 4) is 5.75 Å². The predicted molar refractivity (Wildman–Crippen MR) is 83.5 cm³/mol. The molecule has 1 heterocycles. The van der Waals surface area contributed by atoms with Crippen LogP contribution in [0.3, 0.4) is 0 Å². The zero-order chi connectivity index (χ0) is 14.0. The van der Waals surface area contributed by atoms with Gasteiger partial charge in [-0.2, -0.15) is 5.10 Å². The van der Waals surface area contributed by atoms with Crippen molar-refractivity contribution in [2.75, 3.05) is 0 Å². The summed E-state index contributed by atoms with van der Waals surface area (Å²) < 4.78 is 9.84. The third-order valence-corrected chi connectivity index (χ3v) is 4.43. The van der Waals surface area contributed by atoms with Gasteiger partial charge < -0.3 is 4.74 Å². The van der Waals surface area contributed by atoms with E-state index >= 15 is 0 Å². The molecule has 0 N–H and O–H groups in total. The molecule has 0 radical (unpaired) electrons. The van der Waals surface area contributed by atoms with E-state index in [1.54, 1.807) is 0 Å². The van der Waals surface area contributed by atoms with Gasteiger partial charge in [0.15, 0.2) is 0 Å². The Kier molecular flexibility index (Phi) is 4.68. The number of halogens is 2. The molecule has 0 amide bonds. The Hall–Kier alpha value is -0.810. The maximum atomic E-state index is 5.90. The summed E-state index contributed by atoms with van der Waals surface area (Å²) in [7, 11) is 1.94. The zero-order valence-corrected chi connectivity index (χ0v) is 14.4. The number of aryl methyl sites for hydroxylation is 3. The van der Waals surface area contributed by atoms with Crippen molar-refractivity contribution >= 4 is 31.9 Å². The number of benzene rings is 1. The van der Waals surface area contributed by atoms with E-state index in [0.29, 0.717) is 6.61 Å². The second-order valence-corrected chi connectivity index (χ2v) is 6.09. The summed E-state index contributed by atoms with van der Waals surface area (Å²) in [4.78, 5) is 0. The van der Waals surface area contributed by atoms with Crippen LogP contribution < -0.4 is 4.74 Å². The van der Waals surface area contributed by atoms with Crippen molar-refractivity contribution in [2.45, 2.75) is 26.9 Å². The number of rotatable bonds is 4. The number of ether oxygens (including phenoxy) is 1. The Morgan fingerprint density at radius 3 is 2.68 bits per heavy atom. The van der Waals surface area contributed by atoms with E-state index in [1.807, 2.05) is 36.9 Å². The fourth-order valence-electron chi connectivity index (χ4n) is 1.85. The van der Waals surface area contributed by atoms with Crippen molar-refractivity contribution in [3.63, 3.8) is 0 Å². The lowest BCUT2D eigenvalue weighted by atomic mass is 10.2. The maximum Gasteiger partial charge on any atom is 0.131 e. The summed E-state index contributed by atoms with van der Waals surface area (Å²) >= 11 is 7.06. The molecule has 2 aromatic rings. The highest BCUT2D eigenvalue weighted by Crippen LogP contribution is 2.26. The molecule has 0 unspecified atom stereocenters. The Balaban J connectivity index is 2.19. The number of hydrogen-bond donors (Lipinski definition) is 0. The topological polar surface area (TPSA) is 27.1 Å². The van der Waals surface area contributed by atoms with E-state index in [1.165, 1.54) is 0 Å². The van der Waals surface area contributed by atoms with Crippen molar-refractivity contribution in [1.82, 2.24) is 9.78 Å². The van der Waals surface area contributed by atoms with Crippen LogP contribution in [0.1, 0.15) is 23.9 Å². The van der Waals surface area contributed by atoms with Crippen LogP contribution in [0.4, 0.5) is 0 Å². The first-order valence-electron chi connectivity index (χ1n) is 6.12. The zero-order valence-electron chi connectivity index (χ0n) is 11.2. The molecular weight excluding hydrogens is 372 g/mol. The van der Waals surface area contributed by atoms with Crippen LogP contribution >= 0.6 is 31.9 Å². The van der Waals surface area contributed by atoms with Crippen molar-refractivity contribution in [3.05, 3.63) is 44.1 Å². The summed E-state index contributed by atoms with van der Waals surface area (Å²) in [6, 6.07) is 6.03. The van der Waals surface area contributed by atoms with Crippen LogP contribution in [0, 0.1) is 6.92 Å². The standard InChI is InChI=1S/C14H16Br2N2O/c1-4-11-14(16)12(18(3)17-11)8-19-13-7-10(15)6-5-9(13)2/h5-7H,4,8H2,1-3H3. The molecule has 1 aromatic heterocycles. The first-order chi connectivity index (χ1) is 9.02. The van der Waals surface area contributed by atoms with Gasteiger partial charge in [0, 0.05) is 11.5 Å². The summed E-state index contributed by atoms with van der Waals surface area (Å²) in [6.45, 7) is 4.63. The molecule has 0 saturated heterocycles. The van der Waals surface area contributed by atoms with E-state index in [0.717, 1.165) is 38.1 Å². The van der Waals surface area contributed by atoms with Gasteiger partial charge in [-0.15, -0.1) is 0 Å². The highest BCUT2D eigenvalue weighted by atomic mass is 79.9. The minimum absolute atomic E-state index is 0.501. The SMILES string of the molecule is CCc1nn(C)c(COc2cc(Br)ccc2C)c1Br. The first kappa shape index (κ1) is 14.6. The van der Waals surface area contributed by atoms with Crippen molar-refractivity contribution < 1.29 is 4.74 Å². The predicted octanol–water partition coefficient (Wildman–Crippen LogP) is 4.39. The van der Waals surface area contributed by atoms with Gasteiger partial charge in [-0.05, 0) is 47.0 Å². The highest BCUT2D eigenvalue weighted by molar-refractivity contribution is 9.10. The molecule has 1 aromatic carbocycles. The van der Waals surface area contributed by atoms with Crippen LogP contribution in [0.25, 0.3) is 0 Å².